The predicted molar refractivity (Wildman–Crippen MR) is 257 cm³/mol. The van der Waals surface area contributed by atoms with E-state index < -0.39 is 149 Å². The van der Waals surface area contributed by atoms with Crippen molar-refractivity contribution in [3.8, 4) is 0 Å². The number of fused-ring (bicyclic) bond motifs is 3. The van der Waals surface area contributed by atoms with Gasteiger partial charge in [0.1, 0.15) is 103 Å². The third kappa shape index (κ3) is 12.1. The van der Waals surface area contributed by atoms with E-state index in [1.54, 1.807) is 0 Å². The number of anilines is 3. The van der Waals surface area contributed by atoms with E-state index >= 15 is 0 Å². The van der Waals surface area contributed by atoms with Crippen LogP contribution in [0.5, 0.6) is 0 Å². The van der Waals surface area contributed by atoms with Crippen molar-refractivity contribution >= 4 is 92.9 Å². The van der Waals surface area contributed by atoms with Crippen LogP contribution in [-0.4, -0.2) is 208 Å². The quantitative estimate of drug-likeness (QED) is 0.0308. The van der Waals surface area contributed by atoms with Gasteiger partial charge in [0.25, 0.3) is 0 Å². The average molecular weight is 1220 g/mol. The van der Waals surface area contributed by atoms with Gasteiger partial charge in [-0.3, -0.25) is 40.8 Å². The van der Waals surface area contributed by atoms with Gasteiger partial charge in [-0.25, -0.2) is 58.6 Å². The van der Waals surface area contributed by atoms with Gasteiger partial charge in [-0.05, 0) is 11.8 Å². The average Bonchev–Trinajstić information content (AvgIpc) is 4.48. The molecule has 39 nitrogen and oxygen atoms in total. The molecule has 79 heavy (non-hydrogen) atoms. The Hall–Kier alpha value is -4.45. The molecule has 18 unspecified atom stereocenters. The highest BCUT2D eigenvalue weighted by atomic mass is 32.5. The smallest absolute Gasteiger partial charge is 0.394 e. The van der Waals surface area contributed by atoms with Crippen LogP contribution < -0.4 is 17.2 Å². The molecule has 16 N–H and O–H groups in total. The summed E-state index contributed by atoms with van der Waals surface area (Å²) in [5.41, 5.74) is 17.8. The number of aromatic nitrogens is 12. The lowest BCUT2D eigenvalue weighted by molar-refractivity contribution is -0.108. The molecule has 0 radical (unpaired) electrons. The van der Waals surface area contributed by atoms with Crippen LogP contribution in [0.3, 0.4) is 0 Å². The van der Waals surface area contributed by atoms with Gasteiger partial charge in [-0.2, -0.15) is 0 Å². The van der Waals surface area contributed by atoms with Crippen molar-refractivity contribution < 1.29 is 114 Å². The van der Waals surface area contributed by atoms with Crippen LogP contribution in [0.2, 0.25) is 0 Å². The van der Waals surface area contributed by atoms with Crippen molar-refractivity contribution in [1.29, 1.82) is 0 Å². The Morgan fingerprint density at radius 1 is 0.519 bits per heavy atom. The van der Waals surface area contributed by atoms with Crippen molar-refractivity contribution in [3.05, 3.63) is 38.0 Å². The van der Waals surface area contributed by atoms with Crippen LogP contribution in [0.4, 0.5) is 17.5 Å². The second-order valence-electron chi connectivity index (χ2n) is 17.6. The van der Waals surface area contributed by atoms with Crippen LogP contribution in [0, 0.1) is 0 Å². The Balaban J connectivity index is 0.869. The number of nitrogens with zero attached hydrogens (tertiary/aromatic N) is 12. The maximum Gasteiger partial charge on any atom is 0.473 e. The number of ether oxygens (including phenoxy) is 4. The zero-order valence-electron chi connectivity index (χ0n) is 39.6. The highest BCUT2D eigenvalue weighted by Gasteiger charge is 2.55. The minimum atomic E-state index is -5.56. The SMILES string of the molecule is Nc1ncnc2c1ncn2C1OC(COP(=O)(O)OC2C(O)C(COP(O)(O)=S)OC2n2cnc3c(N)ncnc32)C(O)C1OP(=O)(O)OCC1OC(n2cnc3c(N)ncnc32)C(OP(=O)(O)OC2CC(O)OC2CO)C1O. The summed E-state index contributed by atoms with van der Waals surface area (Å²) in [4.78, 5) is 89.1. The molecule has 0 spiro atoms. The largest absolute Gasteiger partial charge is 0.473 e. The molecule has 18 atom stereocenters. The molecule has 4 fully saturated rings. The molecule has 4 aliphatic rings. The first-order chi connectivity index (χ1) is 37.3. The van der Waals surface area contributed by atoms with Gasteiger partial charge in [0.2, 0.25) is 0 Å². The minimum Gasteiger partial charge on any atom is -0.394 e. The van der Waals surface area contributed by atoms with Gasteiger partial charge in [0.05, 0.1) is 45.4 Å². The second-order valence-corrected chi connectivity index (χ2v) is 24.4. The maximum atomic E-state index is 14.0. The number of imidazole rings is 3. The van der Waals surface area contributed by atoms with E-state index in [2.05, 4.69) is 56.7 Å². The lowest BCUT2D eigenvalue weighted by atomic mass is 10.1. The summed E-state index contributed by atoms with van der Waals surface area (Å²) in [5.74, 6) is -0.300. The minimum absolute atomic E-state index is 0.00104. The van der Waals surface area contributed by atoms with Crippen molar-refractivity contribution in [2.24, 2.45) is 0 Å². The molecule has 0 amide bonds. The van der Waals surface area contributed by atoms with E-state index in [0.29, 0.717) is 0 Å². The van der Waals surface area contributed by atoms with Gasteiger partial charge in [0.15, 0.2) is 59.4 Å². The topological polar surface area (TPSA) is 564 Å². The normalized spacial score (nSPS) is 32.8. The highest BCUT2D eigenvalue weighted by molar-refractivity contribution is 8.06. The fourth-order valence-corrected chi connectivity index (χ4v) is 12.5. The van der Waals surface area contributed by atoms with Gasteiger partial charge in [-0.1, -0.05) is 0 Å². The fourth-order valence-electron chi connectivity index (χ4n) is 8.94. The summed E-state index contributed by atoms with van der Waals surface area (Å²) in [5, 5.41) is 54.3. The Labute approximate surface area is 444 Å². The molecule has 44 heteroatoms. The second kappa shape index (κ2) is 22.4. The Morgan fingerprint density at radius 2 is 0.873 bits per heavy atom. The number of phosphoric acid groups is 3. The Morgan fingerprint density at radius 3 is 1.23 bits per heavy atom. The molecule has 0 aliphatic carbocycles. The zero-order chi connectivity index (χ0) is 56.5. The third-order valence-electron chi connectivity index (χ3n) is 12.5. The number of hydrogen-bond acceptors (Lipinski definition) is 32. The summed E-state index contributed by atoms with van der Waals surface area (Å²) in [7, 11) is -16.3. The molecule has 0 bridgehead atoms. The van der Waals surface area contributed by atoms with Crippen molar-refractivity contribution in [1.82, 2.24) is 58.6 Å². The first-order valence-corrected chi connectivity index (χ1v) is 29.9. The first-order valence-electron chi connectivity index (χ1n) is 22.8. The van der Waals surface area contributed by atoms with Gasteiger partial charge < -0.3 is 90.7 Å². The number of nitrogens with two attached hydrogens (primary N) is 3. The first kappa shape index (κ1) is 57.8. The third-order valence-corrected chi connectivity index (χ3v) is 16.3. The van der Waals surface area contributed by atoms with Crippen LogP contribution in [0.15, 0.2) is 38.0 Å². The lowest BCUT2D eigenvalue weighted by Gasteiger charge is -2.26. The molecule has 10 rings (SSSR count). The number of hydrogen-bond donors (Lipinski definition) is 13. The van der Waals surface area contributed by atoms with Gasteiger partial charge in [-0.15, -0.1) is 0 Å². The number of nitrogen functional groups attached to an aromatic ring is 3. The van der Waals surface area contributed by atoms with E-state index in [1.807, 2.05) is 0 Å². The standard InChI is InChI=1S/C35H47N15O24P4S/c36-27-18-30(42-6-39-27)48(9-45-18)33-24(21(53)14(68-33)3-64-76(58,59)73-25-23(55)16(5-66-78(62,63)79)70-34(25)49-10-46-19-28(37)40-7-43-31(19)49)72-75(56,57)65-4-15-22(54)26(74-77(60,61)71-12-1-17(52)67-13(12)2-51)35(69-15)50-11-47-20-29(38)41-8-44-32(20)50/h6-17,21-26,33-35,51-55H,1-5H2,(H,56,57)(H,58,59)(H,60,61)(H2,36,39,42)(H2,37,40,43)(H2,38,41,44)(H2,62,63,79). The van der Waals surface area contributed by atoms with Crippen LogP contribution in [0.1, 0.15) is 25.1 Å². The predicted octanol–water partition coefficient (Wildman–Crippen LogP) is -3.77. The fraction of sp³-hybridized carbons (Fsp3) is 0.571. The van der Waals surface area contributed by atoms with E-state index in [-0.39, 0.29) is 57.4 Å². The molecule has 4 aliphatic heterocycles. The Bertz CT molecular complexity index is 3400. The van der Waals surface area contributed by atoms with Crippen molar-refractivity contribution in [3.63, 3.8) is 0 Å². The van der Waals surface area contributed by atoms with E-state index in [9.17, 15) is 63.7 Å². The number of rotatable bonds is 21. The Kier molecular flexibility index (Phi) is 16.4. The van der Waals surface area contributed by atoms with Crippen LogP contribution in [-0.2, 0) is 76.1 Å². The molecule has 6 aromatic heterocycles. The summed E-state index contributed by atoms with van der Waals surface area (Å²) >= 11 is 4.50. The molecule has 0 aromatic carbocycles. The summed E-state index contributed by atoms with van der Waals surface area (Å²) in [6.45, 7) is -7.98. The lowest BCUT2D eigenvalue weighted by Crippen LogP contribution is -2.37. The van der Waals surface area contributed by atoms with Gasteiger partial charge >= 0.3 is 30.2 Å². The maximum absolute atomic E-state index is 14.0. The van der Waals surface area contributed by atoms with Crippen molar-refractivity contribution in [2.75, 3.05) is 43.6 Å². The molecule has 10 heterocycles. The van der Waals surface area contributed by atoms with Gasteiger partial charge in [0, 0.05) is 6.42 Å². The summed E-state index contributed by atoms with van der Waals surface area (Å²) in [6, 6.07) is 0. The highest BCUT2D eigenvalue weighted by Crippen LogP contribution is 2.55. The number of aliphatic hydroxyl groups excluding tert-OH is 5. The van der Waals surface area contributed by atoms with Crippen LogP contribution in [0.25, 0.3) is 33.5 Å². The zero-order valence-corrected chi connectivity index (χ0v) is 44.0. The molecular formula is C35H47N15O24P4S. The summed E-state index contributed by atoms with van der Waals surface area (Å²) < 4.78 is 105. The van der Waals surface area contributed by atoms with E-state index in [0.717, 1.165) is 51.7 Å². The monoisotopic (exact) mass is 1220 g/mol. The molecule has 6 aromatic rings. The number of phosphoric ester groups is 3. The van der Waals surface area contributed by atoms with E-state index in [4.69, 9.17) is 67.8 Å². The number of aliphatic hydroxyl groups is 5. The molecule has 4 saturated heterocycles. The molecule has 432 valence electrons. The van der Waals surface area contributed by atoms with Crippen LogP contribution >= 0.6 is 30.2 Å². The van der Waals surface area contributed by atoms with Crippen molar-refractivity contribution in [2.45, 2.75) is 98.5 Å². The molecular weight excluding hydrogens is 1170 g/mol. The molecule has 0 saturated carbocycles. The van der Waals surface area contributed by atoms with E-state index in [1.165, 1.54) is 0 Å². The summed E-state index contributed by atoms with van der Waals surface area (Å²) in [6.07, 6.45) is -19.9.